The second-order valence-electron chi connectivity index (χ2n) is 12.3. The minimum atomic E-state index is -1.56. The van der Waals surface area contributed by atoms with Gasteiger partial charge >= 0.3 is 24.3 Å². The van der Waals surface area contributed by atoms with Crippen LogP contribution in [0.25, 0.3) is 22.3 Å². The summed E-state index contributed by atoms with van der Waals surface area (Å²) in [6, 6.07) is 27.4. The quantitative estimate of drug-likeness (QED) is 0.179. The van der Waals surface area contributed by atoms with E-state index in [0.29, 0.717) is 11.4 Å². The fourth-order valence-electron chi connectivity index (χ4n) is 6.37. The van der Waals surface area contributed by atoms with E-state index in [1.54, 1.807) is 15.6 Å². The predicted octanol–water partition coefficient (Wildman–Crippen LogP) is 6.01. The van der Waals surface area contributed by atoms with Crippen LogP contribution in [0.2, 0.25) is 0 Å². The second kappa shape index (κ2) is 16.5. The first-order valence-electron chi connectivity index (χ1n) is 16.8. The van der Waals surface area contributed by atoms with E-state index in [0.717, 1.165) is 44.8 Å². The van der Waals surface area contributed by atoms with Gasteiger partial charge in [0.2, 0.25) is 0 Å². The van der Waals surface area contributed by atoms with Gasteiger partial charge < -0.3 is 10.3 Å². The second-order valence-corrected chi connectivity index (χ2v) is 12.6. The van der Waals surface area contributed by atoms with Gasteiger partial charge in [-0.2, -0.15) is 0 Å². The average molecular weight is 747 g/mol. The molecule has 2 aliphatic rings. The van der Waals surface area contributed by atoms with Gasteiger partial charge in [-0.25, -0.2) is 14.4 Å². The maximum atomic E-state index is 12.9. The van der Waals surface area contributed by atoms with Crippen molar-refractivity contribution in [2.45, 2.75) is 19.9 Å². The summed E-state index contributed by atoms with van der Waals surface area (Å²) >= 11 is -1.56. The number of hydrogen-bond donors (Lipinski definition) is 3. The fraction of sp³-hybridized carbons (Fsp3) is 0.150. The molecule has 0 radical (unpaired) electrons. The van der Waals surface area contributed by atoms with Gasteiger partial charge in [-0.05, 0) is 49.8 Å². The van der Waals surface area contributed by atoms with E-state index < -0.39 is 16.6 Å². The van der Waals surface area contributed by atoms with E-state index in [1.807, 2.05) is 153 Å². The van der Waals surface area contributed by atoms with Crippen molar-refractivity contribution in [2.75, 3.05) is 5.32 Å². The zero-order chi connectivity index (χ0) is 37.5. The van der Waals surface area contributed by atoms with Crippen LogP contribution in [0.3, 0.4) is 0 Å². The monoisotopic (exact) mass is 746 g/mol. The predicted molar refractivity (Wildman–Crippen MR) is 206 cm³/mol. The van der Waals surface area contributed by atoms with E-state index in [2.05, 4.69) is 32.4 Å². The summed E-state index contributed by atoms with van der Waals surface area (Å²) in [4.78, 5) is 38.0. The number of anilines is 1. The Bertz CT molecular complexity index is 2510. The van der Waals surface area contributed by atoms with Crippen LogP contribution in [-0.4, -0.2) is 46.2 Å². The number of rotatable bonds is 6. The molecule has 53 heavy (non-hydrogen) atoms. The Kier molecular flexibility index (Phi) is 11.4. The molecule has 2 atom stereocenters. The molecule has 13 heteroatoms. The molecule has 0 bridgehead atoms. The van der Waals surface area contributed by atoms with Gasteiger partial charge in [0.05, 0.1) is 28.8 Å². The van der Waals surface area contributed by atoms with E-state index in [4.69, 9.17) is 7.71 Å². The first-order valence-corrected chi connectivity index (χ1v) is 18.0. The summed E-state index contributed by atoms with van der Waals surface area (Å²) in [5.74, 6) is 0.248. The van der Waals surface area contributed by atoms with Crippen molar-refractivity contribution in [3.05, 3.63) is 165 Å². The zero-order valence-electron chi connectivity index (χ0n) is 29.7. The van der Waals surface area contributed by atoms with Crippen molar-refractivity contribution in [1.82, 2.24) is 23.7 Å². The maximum absolute atomic E-state index is 12.9. The Morgan fingerprint density at radius 3 is 2.09 bits per heavy atom. The number of fused-ring (bicyclic) bond motifs is 2. The Balaban J connectivity index is 0.000000169. The molecule has 0 saturated heterocycles. The number of aliphatic imine (C=N–C) groups is 2. The normalized spacial score (nSPS) is 16.4. The SMILES string of the molecule is Cc1c(N/C=C2/C=NC3C=CC=CC23)c(=O)n(-c2ccccc2)n1C.Cc1c(N=Cc2c[nH]c3ccccc23)c(=O)n(-c2ccccc2)n1C.[O]=[V][OH]. The van der Waals surface area contributed by atoms with Crippen LogP contribution in [0.15, 0.2) is 147 Å². The molecule has 3 aromatic carbocycles. The molecule has 6 aromatic rings. The van der Waals surface area contributed by atoms with Gasteiger partial charge in [-0.15, -0.1) is 0 Å². The molecule has 3 N–H and O–H groups in total. The number of hydrogen-bond acceptors (Lipinski definition) is 6. The zero-order valence-corrected chi connectivity index (χ0v) is 31.1. The van der Waals surface area contributed by atoms with Gasteiger partial charge in [0, 0.05) is 61.3 Å². The standard InChI is InChI=1S/C20H20N4O.C20H18N4O.H2O.O.V/c2*1-14-19(20(25)24(23(14)2)16-8-4-3-5-9-16)22-13-15-12-21-18-11-7-6-10-17(15)18;;;/h3-13,17-18,22H,1-2H3;3-13,21H,1-2H3;1H2;;/q;;;;+1/p-1/b15-13-;;;;. The molecule has 0 amide bonds. The first kappa shape index (κ1) is 36.7. The van der Waals surface area contributed by atoms with Crippen LogP contribution >= 0.6 is 0 Å². The number of aromatic nitrogens is 5. The van der Waals surface area contributed by atoms with Crippen LogP contribution < -0.4 is 16.4 Å². The summed E-state index contributed by atoms with van der Waals surface area (Å²) in [7, 11) is 3.76. The van der Waals surface area contributed by atoms with Crippen LogP contribution in [-0.2, 0) is 34.4 Å². The van der Waals surface area contributed by atoms with Crippen molar-refractivity contribution < 1.29 is 24.3 Å². The number of nitrogens with one attached hydrogen (secondary N) is 2. The molecule has 0 fully saturated rings. The molecular formula is C40H39N8O4V. The van der Waals surface area contributed by atoms with Gasteiger partial charge in [-0.1, -0.05) is 78.9 Å². The summed E-state index contributed by atoms with van der Waals surface area (Å²) in [5.41, 5.74) is 7.34. The van der Waals surface area contributed by atoms with Gasteiger partial charge in [0.25, 0.3) is 11.1 Å². The first-order chi connectivity index (χ1) is 25.7. The van der Waals surface area contributed by atoms with Crippen LogP contribution in [0, 0.1) is 19.8 Å². The number of para-hydroxylation sites is 3. The number of benzene rings is 3. The third-order valence-corrected chi connectivity index (χ3v) is 9.30. The molecule has 8 rings (SSSR count). The van der Waals surface area contributed by atoms with E-state index in [-0.39, 0.29) is 23.1 Å². The molecule has 3 aromatic heterocycles. The Morgan fingerprint density at radius 1 is 0.830 bits per heavy atom. The molecule has 2 unspecified atom stereocenters. The average Bonchev–Trinajstić information content (AvgIpc) is 3.90. The summed E-state index contributed by atoms with van der Waals surface area (Å²) in [6.45, 7) is 3.85. The van der Waals surface area contributed by atoms with Crippen molar-refractivity contribution in [3.8, 4) is 11.4 Å². The van der Waals surface area contributed by atoms with Crippen molar-refractivity contribution in [2.24, 2.45) is 30.0 Å². The summed E-state index contributed by atoms with van der Waals surface area (Å²) < 4.78 is 22.7. The minimum absolute atomic E-state index is 0.0615. The summed E-state index contributed by atoms with van der Waals surface area (Å²) in [6.07, 6.45) is 15.7. The van der Waals surface area contributed by atoms with Crippen LogP contribution in [0.4, 0.5) is 11.4 Å². The molecule has 12 nitrogen and oxygen atoms in total. The van der Waals surface area contributed by atoms with Crippen LogP contribution in [0.1, 0.15) is 17.0 Å². The third kappa shape index (κ3) is 7.61. The van der Waals surface area contributed by atoms with Crippen molar-refractivity contribution >= 4 is 34.7 Å². The Hall–Kier alpha value is -6.08. The molecular weight excluding hydrogens is 707 g/mol. The Labute approximate surface area is 313 Å². The molecule has 268 valence electrons. The molecule has 1 aliphatic heterocycles. The van der Waals surface area contributed by atoms with Crippen LogP contribution in [0.5, 0.6) is 0 Å². The van der Waals surface area contributed by atoms with Gasteiger partial charge in [-0.3, -0.25) is 23.9 Å². The van der Waals surface area contributed by atoms with Gasteiger partial charge in [0.1, 0.15) is 5.69 Å². The number of aromatic amines is 1. The number of H-pyrrole nitrogens is 1. The molecule has 0 spiro atoms. The molecule has 1 aliphatic carbocycles. The summed E-state index contributed by atoms with van der Waals surface area (Å²) in [5, 5.41) is 4.31. The fourth-order valence-corrected chi connectivity index (χ4v) is 6.37. The van der Waals surface area contributed by atoms with E-state index >= 15 is 0 Å². The molecule has 4 heterocycles. The molecule has 0 saturated carbocycles. The van der Waals surface area contributed by atoms with E-state index in [9.17, 15) is 9.59 Å². The van der Waals surface area contributed by atoms with Crippen molar-refractivity contribution in [1.29, 1.82) is 0 Å². The van der Waals surface area contributed by atoms with E-state index in [1.165, 1.54) is 0 Å². The third-order valence-electron chi connectivity index (χ3n) is 9.30. The van der Waals surface area contributed by atoms with Crippen molar-refractivity contribution in [3.63, 3.8) is 0 Å². The number of nitrogens with zero attached hydrogens (tertiary/aromatic N) is 6. The topological polar surface area (TPSA) is 144 Å². The van der Waals surface area contributed by atoms with Gasteiger partial charge in [0.15, 0.2) is 5.69 Å². The number of allylic oxidation sites excluding steroid dienone is 2. The Morgan fingerprint density at radius 2 is 1.42 bits per heavy atom.